The van der Waals surface area contributed by atoms with E-state index in [1.165, 1.54) is 5.39 Å². The van der Waals surface area contributed by atoms with E-state index >= 15 is 0 Å². The number of ether oxygens (including phenoxy) is 1. The zero-order valence-electron chi connectivity index (χ0n) is 24.8. The van der Waals surface area contributed by atoms with Crippen LogP contribution in [0, 0.1) is 0 Å². The highest BCUT2D eigenvalue weighted by Gasteiger charge is 2.46. The molecule has 0 spiro atoms. The van der Waals surface area contributed by atoms with Crippen molar-refractivity contribution in [2.45, 2.75) is 24.9 Å². The molecule has 1 aliphatic carbocycles. The van der Waals surface area contributed by atoms with Crippen LogP contribution in [0.1, 0.15) is 30.4 Å². The lowest BCUT2D eigenvalue weighted by Gasteiger charge is -2.36. The third-order valence-corrected chi connectivity index (χ3v) is 8.64. The molecule has 0 saturated carbocycles. The maximum absolute atomic E-state index is 13.1. The fraction of sp³-hybridized carbons (Fsp3) is 0.371. The van der Waals surface area contributed by atoms with Gasteiger partial charge < -0.3 is 19.9 Å². The molecule has 1 aliphatic heterocycles. The summed E-state index contributed by atoms with van der Waals surface area (Å²) in [5, 5.41) is 4.16. The van der Waals surface area contributed by atoms with Crippen LogP contribution in [-0.2, 0) is 10.3 Å². The first-order valence-electron chi connectivity index (χ1n) is 15.2. The van der Waals surface area contributed by atoms with Crippen molar-refractivity contribution in [2.24, 2.45) is 0 Å². The Morgan fingerprint density at radius 1 is 0.857 bits per heavy atom. The number of para-hydroxylation sites is 1. The molecule has 6 rings (SSSR count). The van der Waals surface area contributed by atoms with Crippen LogP contribution in [0.2, 0.25) is 0 Å². The maximum Gasteiger partial charge on any atom is 0.408 e. The van der Waals surface area contributed by atoms with Gasteiger partial charge in [0.15, 0.2) is 5.60 Å². The van der Waals surface area contributed by atoms with E-state index in [4.69, 9.17) is 9.72 Å². The predicted molar refractivity (Wildman–Crippen MR) is 170 cm³/mol. The lowest BCUT2D eigenvalue weighted by atomic mass is 9.86. The van der Waals surface area contributed by atoms with Gasteiger partial charge in [0, 0.05) is 55.8 Å². The quantitative estimate of drug-likeness (QED) is 0.249. The van der Waals surface area contributed by atoms with Crippen molar-refractivity contribution in [3.8, 4) is 11.1 Å². The Morgan fingerprint density at radius 2 is 1.52 bits per heavy atom. The molecule has 0 unspecified atom stereocenters. The molecule has 7 heteroatoms. The van der Waals surface area contributed by atoms with Gasteiger partial charge in [0.1, 0.15) is 5.82 Å². The third-order valence-electron chi connectivity index (χ3n) is 8.64. The molecule has 218 valence electrons. The molecule has 4 aromatic rings. The van der Waals surface area contributed by atoms with E-state index in [0.717, 1.165) is 92.1 Å². The standard InChI is InChI=1S/C35H41N5O2/c1-38(2)22-20-36-34(41)42-35(30-14-6-4-12-28(30)29-13-5-7-15-31(29)35)19-9-10-21-39-23-25-40(26-24-39)33-18-17-27-11-3-8-16-32(27)37-33/h3-8,11-18H,9-10,19-26H2,1-2H3,(H,36,41). The predicted octanol–water partition coefficient (Wildman–Crippen LogP) is 5.74. The average Bonchev–Trinajstić information content (AvgIpc) is 3.29. The average molecular weight is 564 g/mol. The number of benzene rings is 3. The van der Waals surface area contributed by atoms with E-state index in [-0.39, 0.29) is 6.09 Å². The molecule has 1 N–H and O–H groups in total. The molecule has 1 fully saturated rings. The summed E-state index contributed by atoms with van der Waals surface area (Å²) in [4.78, 5) is 25.0. The Hall–Kier alpha value is -3.94. The van der Waals surface area contributed by atoms with E-state index in [0.29, 0.717) is 6.54 Å². The van der Waals surface area contributed by atoms with Crippen molar-refractivity contribution in [2.75, 3.05) is 64.8 Å². The Kier molecular flexibility index (Phi) is 8.40. The third kappa shape index (κ3) is 5.85. The highest BCUT2D eigenvalue weighted by atomic mass is 16.6. The number of aromatic nitrogens is 1. The van der Waals surface area contributed by atoms with Crippen LogP contribution in [0.25, 0.3) is 22.0 Å². The summed E-state index contributed by atoms with van der Waals surface area (Å²) in [5.74, 6) is 1.06. The second kappa shape index (κ2) is 12.5. The summed E-state index contributed by atoms with van der Waals surface area (Å²) in [6.45, 7) is 6.35. The highest BCUT2D eigenvalue weighted by Crippen LogP contribution is 2.52. The number of carbonyl (C=O) groups is 1. The van der Waals surface area contributed by atoms with Gasteiger partial charge in [-0.25, -0.2) is 9.78 Å². The molecule has 1 aromatic heterocycles. The second-order valence-electron chi connectivity index (χ2n) is 11.7. The molecule has 2 aliphatic rings. The van der Waals surface area contributed by atoms with Crippen LogP contribution >= 0.6 is 0 Å². The fourth-order valence-corrected chi connectivity index (χ4v) is 6.43. The summed E-state index contributed by atoms with van der Waals surface area (Å²) >= 11 is 0. The van der Waals surface area contributed by atoms with E-state index in [9.17, 15) is 4.79 Å². The molecule has 0 atom stereocenters. The Labute approximate surface area is 249 Å². The van der Waals surface area contributed by atoms with Crippen LogP contribution in [0.15, 0.2) is 84.9 Å². The number of hydrogen-bond donors (Lipinski definition) is 1. The number of carbonyl (C=O) groups excluding carboxylic acids is 1. The van der Waals surface area contributed by atoms with Crippen molar-refractivity contribution in [3.05, 3.63) is 96.1 Å². The summed E-state index contributed by atoms with van der Waals surface area (Å²) in [6.07, 6.45) is 2.40. The summed E-state index contributed by atoms with van der Waals surface area (Å²) in [6, 6.07) is 29.4. The highest BCUT2D eigenvalue weighted by molar-refractivity contribution is 5.82. The van der Waals surface area contributed by atoms with Gasteiger partial charge in [0.2, 0.25) is 0 Å². The number of piperazine rings is 1. The van der Waals surface area contributed by atoms with Gasteiger partial charge in [-0.3, -0.25) is 4.90 Å². The number of nitrogens with zero attached hydrogens (tertiary/aromatic N) is 4. The lowest BCUT2D eigenvalue weighted by molar-refractivity contribution is 0.0326. The van der Waals surface area contributed by atoms with Crippen LogP contribution in [0.3, 0.4) is 0 Å². The minimum Gasteiger partial charge on any atom is -0.433 e. The fourth-order valence-electron chi connectivity index (χ4n) is 6.43. The number of amides is 1. The number of unbranched alkanes of at least 4 members (excludes halogenated alkanes) is 1. The summed E-state index contributed by atoms with van der Waals surface area (Å²) < 4.78 is 6.42. The molecule has 0 bridgehead atoms. The van der Waals surface area contributed by atoms with Crippen molar-refractivity contribution in [1.82, 2.24) is 20.1 Å². The molecule has 3 aromatic carbocycles. The van der Waals surface area contributed by atoms with Crippen LogP contribution in [0.4, 0.5) is 10.6 Å². The van der Waals surface area contributed by atoms with Crippen molar-refractivity contribution in [3.63, 3.8) is 0 Å². The second-order valence-corrected chi connectivity index (χ2v) is 11.7. The van der Waals surface area contributed by atoms with E-state index in [1.807, 2.05) is 25.1 Å². The number of hydrogen-bond acceptors (Lipinski definition) is 6. The van der Waals surface area contributed by atoms with Gasteiger partial charge in [0.05, 0.1) is 5.52 Å². The lowest BCUT2D eigenvalue weighted by Crippen LogP contribution is -2.47. The molecular weight excluding hydrogens is 522 g/mol. The largest absolute Gasteiger partial charge is 0.433 e. The van der Waals surface area contributed by atoms with Gasteiger partial charge in [-0.15, -0.1) is 0 Å². The first kappa shape index (κ1) is 28.2. The van der Waals surface area contributed by atoms with E-state index < -0.39 is 5.60 Å². The van der Waals surface area contributed by atoms with Gasteiger partial charge >= 0.3 is 6.09 Å². The smallest absolute Gasteiger partial charge is 0.408 e. The van der Waals surface area contributed by atoms with Crippen molar-refractivity contribution >= 4 is 22.8 Å². The zero-order valence-corrected chi connectivity index (χ0v) is 24.8. The Balaban J connectivity index is 1.09. The van der Waals surface area contributed by atoms with Crippen molar-refractivity contribution < 1.29 is 9.53 Å². The zero-order chi connectivity index (χ0) is 28.9. The SMILES string of the molecule is CN(C)CCNC(=O)OC1(CCCCN2CCN(c3ccc4ccccc4n3)CC2)c2ccccc2-c2ccccc21. The first-order chi connectivity index (χ1) is 20.5. The van der Waals surface area contributed by atoms with Crippen LogP contribution < -0.4 is 10.2 Å². The number of likely N-dealkylation sites (N-methyl/N-ethyl adjacent to an activating group) is 1. The minimum atomic E-state index is -0.782. The Bertz CT molecular complexity index is 1480. The van der Waals surface area contributed by atoms with Gasteiger partial charge in [-0.05, 0) is 69.2 Å². The van der Waals surface area contributed by atoms with E-state index in [1.54, 1.807) is 0 Å². The molecule has 1 amide bonds. The number of alkyl carbamates (subject to hydrolysis) is 1. The van der Waals surface area contributed by atoms with Gasteiger partial charge in [0.25, 0.3) is 0 Å². The molecule has 0 radical (unpaired) electrons. The number of anilines is 1. The maximum atomic E-state index is 13.1. The van der Waals surface area contributed by atoms with Gasteiger partial charge in [-0.2, -0.15) is 0 Å². The molecule has 7 nitrogen and oxygen atoms in total. The van der Waals surface area contributed by atoms with Crippen LogP contribution in [0.5, 0.6) is 0 Å². The van der Waals surface area contributed by atoms with Gasteiger partial charge in [-0.1, -0.05) is 66.7 Å². The number of fused-ring (bicyclic) bond motifs is 4. The monoisotopic (exact) mass is 563 g/mol. The molecule has 2 heterocycles. The summed E-state index contributed by atoms with van der Waals surface area (Å²) in [7, 11) is 4.00. The van der Waals surface area contributed by atoms with E-state index in [2.05, 4.69) is 94.0 Å². The van der Waals surface area contributed by atoms with Crippen LogP contribution in [-0.4, -0.2) is 80.8 Å². The molecule has 1 saturated heterocycles. The summed E-state index contributed by atoms with van der Waals surface area (Å²) in [5.41, 5.74) is 4.77. The topological polar surface area (TPSA) is 60.9 Å². The normalized spacial score (nSPS) is 15.9. The number of pyridine rings is 1. The van der Waals surface area contributed by atoms with Crippen molar-refractivity contribution in [1.29, 1.82) is 0 Å². The first-order valence-corrected chi connectivity index (χ1v) is 15.2. The molecular formula is C35H41N5O2. The number of rotatable bonds is 10. The number of nitrogens with one attached hydrogen (secondary N) is 1. The Morgan fingerprint density at radius 3 is 2.24 bits per heavy atom. The molecule has 42 heavy (non-hydrogen) atoms. The minimum absolute atomic E-state index is 0.359.